The van der Waals surface area contributed by atoms with Crippen LogP contribution in [-0.2, 0) is 13.0 Å². The number of aromatic nitrogens is 2. The lowest BCUT2D eigenvalue weighted by Gasteiger charge is -2.14. The SMILES string of the molecule is COc1ccccc1C(=O)NCCc1nc2ccccc2n1CCCOc1c(C)cccc1C. The van der Waals surface area contributed by atoms with Crippen LogP contribution in [0.15, 0.2) is 66.7 Å². The summed E-state index contributed by atoms with van der Waals surface area (Å²) < 4.78 is 13.6. The number of nitrogens with one attached hydrogen (secondary N) is 1. The van der Waals surface area contributed by atoms with Gasteiger partial charge in [0.1, 0.15) is 17.3 Å². The summed E-state index contributed by atoms with van der Waals surface area (Å²) in [5.74, 6) is 2.34. The molecular weight excluding hydrogens is 426 g/mol. The van der Waals surface area contributed by atoms with Crippen molar-refractivity contribution in [1.82, 2.24) is 14.9 Å². The molecule has 0 radical (unpaired) electrons. The average molecular weight is 458 g/mol. The van der Waals surface area contributed by atoms with Crippen LogP contribution in [0.5, 0.6) is 11.5 Å². The zero-order valence-corrected chi connectivity index (χ0v) is 20.0. The second kappa shape index (κ2) is 10.9. The Kier molecular flexibility index (Phi) is 7.48. The number of carbonyl (C=O) groups excluding carboxylic acids is 1. The molecule has 0 fully saturated rings. The molecule has 0 saturated heterocycles. The maximum Gasteiger partial charge on any atom is 0.255 e. The third kappa shape index (κ3) is 5.22. The second-order valence-electron chi connectivity index (χ2n) is 8.30. The highest BCUT2D eigenvalue weighted by molar-refractivity contribution is 5.96. The smallest absolute Gasteiger partial charge is 0.255 e. The van der Waals surface area contributed by atoms with Crippen LogP contribution in [0.3, 0.4) is 0 Å². The number of imidazole rings is 1. The predicted molar refractivity (Wildman–Crippen MR) is 135 cm³/mol. The maximum atomic E-state index is 12.6. The van der Waals surface area contributed by atoms with Crippen LogP contribution < -0.4 is 14.8 Å². The van der Waals surface area contributed by atoms with Gasteiger partial charge < -0.3 is 19.4 Å². The van der Waals surface area contributed by atoms with E-state index in [1.807, 2.05) is 36.4 Å². The Labute approximate surface area is 200 Å². The van der Waals surface area contributed by atoms with Gasteiger partial charge in [-0.25, -0.2) is 4.98 Å². The van der Waals surface area contributed by atoms with E-state index in [2.05, 4.69) is 41.9 Å². The summed E-state index contributed by atoms with van der Waals surface area (Å²) in [6, 6.07) is 21.6. The summed E-state index contributed by atoms with van der Waals surface area (Å²) in [7, 11) is 1.57. The molecule has 0 aliphatic heterocycles. The Morgan fingerprint density at radius 1 is 0.971 bits per heavy atom. The van der Waals surface area contributed by atoms with Gasteiger partial charge >= 0.3 is 0 Å². The molecule has 0 saturated carbocycles. The highest BCUT2D eigenvalue weighted by atomic mass is 16.5. The number of aryl methyl sites for hydroxylation is 3. The monoisotopic (exact) mass is 457 g/mol. The molecule has 1 aromatic heterocycles. The summed E-state index contributed by atoms with van der Waals surface area (Å²) in [4.78, 5) is 17.5. The zero-order valence-electron chi connectivity index (χ0n) is 20.0. The summed E-state index contributed by atoms with van der Waals surface area (Å²) in [6.07, 6.45) is 1.49. The van der Waals surface area contributed by atoms with Gasteiger partial charge in [0, 0.05) is 19.5 Å². The first-order chi connectivity index (χ1) is 16.6. The fraction of sp³-hybridized carbons (Fsp3) is 0.286. The Morgan fingerprint density at radius 3 is 2.50 bits per heavy atom. The van der Waals surface area contributed by atoms with Crippen molar-refractivity contribution in [3.8, 4) is 11.5 Å². The van der Waals surface area contributed by atoms with Gasteiger partial charge in [-0.15, -0.1) is 0 Å². The Bertz CT molecular complexity index is 1260. The minimum atomic E-state index is -0.151. The van der Waals surface area contributed by atoms with Gasteiger partial charge in [-0.3, -0.25) is 4.79 Å². The summed E-state index contributed by atoms with van der Waals surface area (Å²) in [5.41, 5.74) is 4.89. The van der Waals surface area contributed by atoms with E-state index in [1.165, 1.54) is 0 Å². The highest BCUT2D eigenvalue weighted by Gasteiger charge is 2.14. The first-order valence-corrected chi connectivity index (χ1v) is 11.6. The number of benzene rings is 3. The number of hydrogen-bond donors (Lipinski definition) is 1. The molecule has 1 heterocycles. The van der Waals surface area contributed by atoms with Crippen LogP contribution in [0, 0.1) is 13.8 Å². The summed E-state index contributed by atoms with van der Waals surface area (Å²) in [5, 5.41) is 3.00. The van der Waals surface area contributed by atoms with Crippen molar-refractivity contribution < 1.29 is 14.3 Å². The number of methoxy groups -OCH3 is 1. The second-order valence-corrected chi connectivity index (χ2v) is 8.30. The van der Waals surface area contributed by atoms with Gasteiger partial charge in [-0.1, -0.05) is 42.5 Å². The molecule has 176 valence electrons. The van der Waals surface area contributed by atoms with Crippen LogP contribution in [0.1, 0.15) is 33.7 Å². The van der Waals surface area contributed by atoms with E-state index < -0.39 is 0 Å². The first-order valence-electron chi connectivity index (χ1n) is 11.6. The van der Waals surface area contributed by atoms with Crippen LogP contribution in [-0.4, -0.2) is 35.7 Å². The maximum absolute atomic E-state index is 12.6. The van der Waals surface area contributed by atoms with Crippen LogP contribution in [0.2, 0.25) is 0 Å². The molecule has 1 N–H and O–H groups in total. The Morgan fingerprint density at radius 2 is 1.71 bits per heavy atom. The van der Waals surface area contributed by atoms with E-state index >= 15 is 0 Å². The number of amides is 1. The normalized spacial score (nSPS) is 10.9. The summed E-state index contributed by atoms with van der Waals surface area (Å²) in [6.45, 7) is 6.05. The molecular formula is C28H31N3O3. The predicted octanol–water partition coefficient (Wildman–Crippen LogP) is 5.10. The first kappa shape index (κ1) is 23.4. The number of hydrogen-bond acceptors (Lipinski definition) is 4. The van der Waals surface area contributed by atoms with Gasteiger partial charge in [-0.2, -0.15) is 0 Å². The minimum absolute atomic E-state index is 0.151. The molecule has 6 heteroatoms. The fourth-order valence-electron chi connectivity index (χ4n) is 4.20. The van der Waals surface area contributed by atoms with E-state index in [9.17, 15) is 4.79 Å². The molecule has 1 amide bonds. The molecule has 0 unspecified atom stereocenters. The molecule has 0 bridgehead atoms. The van der Waals surface area contributed by atoms with Crippen molar-refractivity contribution in [3.63, 3.8) is 0 Å². The number of para-hydroxylation sites is 4. The molecule has 3 aromatic carbocycles. The van der Waals surface area contributed by atoms with E-state index in [-0.39, 0.29) is 5.91 Å². The third-order valence-electron chi connectivity index (χ3n) is 5.90. The van der Waals surface area contributed by atoms with Crippen molar-refractivity contribution in [2.24, 2.45) is 0 Å². The Hall–Kier alpha value is -3.80. The van der Waals surface area contributed by atoms with Gasteiger partial charge in [0.25, 0.3) is 5.91 Å². The van der Waals surface area contributed by atoms with E-state index in [4.69, 9.17) is 14.5 Å². The number of ether oxygens (including phenoxy) is 2. The van der Waals surface area contributed by atoms with E-state index in [0.717, 1.165) is 46.7 Å². The van der Waals surface area contributed by atoms with Crippen LogP contribution in [0.4, 0.5) is 0 Å². The molecule has 0 atom stereocenters. The van der Waals surface area contributed by atoms with Gasteiger partial charge in [0.2, 0.25) is 0 Å². The highest BCUT2D eigenvalue weighted by Crippen LogP contribution is 2.23. The average Bonchev–Trinajstić information content (AvgIpc) is 3.20. The Balaban J connectivity index is 1.40. The number of fused-ring (bicyclic) bond motifs is 1. The lowest BCUT2D eigenvalue weighted by molar-refractivity contribution is 0.0951. The summed E-state index contributed by atoms with van der Waals surface area (Å²) >= 11 is 0. The molecule has 34 heavy (non-hydrogen) atoms. The third-order valence-corrected chi connectivity index (χ3v) is 5.90. The molecule has 0 aliphatic carbocycles. The largest absolute Gasteiger partial charge is 0.496 e. The van der Waals surface area contributed by atoms with Crippen molar-refractivity contribution in [1.29, 1.82) is 0 Å². The van der Waals surface area contributed by atoms with E-state index in [1.54, 1.807) is 19.2 Å². The number of rotatable bonds is 10. The molecule has 4 aromatic rings. The quantitative estimate of drug-likeness (QED) is 0.336. The van der Waals surface area contributed by atoms with Crippen molar-refractivity contribution in [3.05, 3.63) is 89.2 Å². The van der Waals surface area contributed by atoms with Gasteiger partial charge in [0.05, 0.1) is 30.3 Å². The molecule has 6 nitrogen and oxygen atoms in total. The molecule has 4 rings (SSSR count). The van der Waals surface area contributed by atoms with Crippen molar-refractivity contribution >= 4 is 16.9 Å². The van der Waals surface area contributed by atoms with Gasteiger partial charge in [-0.05, 0) is 55.7 Å². The van der Waals surface area contributed by atoms with Crippen LogP contribution in [0.25, 0.3) is 11.0 Å². The van der Waals surface area contributed by atoms with Gasteiger partial charge in [0.15, 0.2) is 0 Å². The number of carbonyl (C=O) groups is 1. The molecule has 0 aliphatic rings. The van der Waals surface area contributed by atoms with E-state index in [0.29, 0.717) is 30.9 Å². The van der Waals surface area contributed by atoms with Crippen LogP contribution >= 0.6 is 0 Å². The number of nitrogens with zero attached hydrogens (tertiary/aromatic N) is 2. The zero-order chi connectivity index (χ0) is 23.9. The van der Waals surface area contributed by atoms with Crippen molar-refractivity contribution in [2.75, 3.05) is 20.3 Å². The fourth-order valence-corrected chi connectivity index (χ4v) is 4.20. The lowest BCUT2D eigenvalue weighted by Crippen LogP contribution is -2.27. The topological polar surface area (TPSA) is 65.4 Å². The minimum Gasteiger partial charge on any atom is -0.496 e. The standard InChI is InChI=1S/C28H31N3O3/c1-20-10-8-11-21(2)27(20)34-19-9-18-31-24-14-6-5-13-23(24)30-26(31)16-17-29-28(32)22-12-4-7-15-25(22)33-3/h4-8,10-15H,9,16-19H2,1-3H3,(H,29,32). The van der Waals surface area contributed by atoms with Crippen molar-refractivity contribution in [2.45, 2.75) is 33.2 Å². The molecule has 0 spiro atoms. The lowest BCUT2D eigenvalue weighted by atomic mass is 10.1.